The van der Waals surface area contributed by atoms with Gasteiger partial charge in [-0.3, -0.25) is 14.6 Å². The summed E-state index contributed by atoms with van der Waals surface area (Å²) in [6, 6.07) is 11.4. The highest BCUT2D eigenvalue weighted by Crippen LogP contribution is 2.19. The Labute approximate surface area is 138 Å². The van der Waals surface area contributed by atoms with Gasteiger partial charge in [-0.1, -0.05) is 18.2 Å². The summed E-state index contributed by atoms with van der Waals surface area (Å²) in [5.74, 6) is -0.420. The first-order valence-electron chi connectivity index (χ1n) is 7.78. The van der Waals surface area contributed by atoms with E-state index in [9.17, 15) is 9.59 Å². The Morgan fingerprint density at radius 3 is 2.88 bits per heavy atom. The van der Waals surface area contributed by atoms with E-state index in [1.807, 2.05) is 24.4 Å². The van der Waals surface area contributed by atoms with Gasteiger partial charge in [-0.25, -0.2) is 0 Å². The molecule has 0 radical (unpaired) electrons. The summed E-state index contributed by atoms with van der Waals surface area (Å²) < 4.78 is 0. The number of carbonyl (C=O) groups excluding carboxylic acids is 2. The average Bonchev–Trinajstić information content (AvgIpc) is 3.03. The summed E-state index contributed by atoms with van der Waals surface area (Å²) in [6.45, 7) is 0.564. The van der Waals surface area contributed by atoms with Crippen LogP contribution in [0.15, 0.2) is 60.6 Å². The minimum atomic E-state index is -0.232. The van der Waals surface area contributed by atoms with E-state index in [0.717, 1.165) is 11.9 Å². The molecule has 0 spiro atoms. The topological polar surface area (TPSA) is 74.8 Å². The van der Waals surface area contributed by atoms with Crippen LogP contribution < -0.4 is 5.32 Å². The van der Waals surface area contributed by atoms with Crippen LogP contribution in [0.2, 0.25) is 0 Å². The fourth-order valence-corrected chi connectivity index (χ4v) is 2.99. The molecule has 5 heteroatoms. The lowest BCUT2D eigenvalue weighted by atomic mass is 9.97. The Morgan fingerprint density at radius 1 is 1.08 bits per heavy atom. The predicted octanol–water partition coefficient (Wildman–Crippen LogP) is 2.66. The van der Waals surface area contributed by atoms with Crippen molar-refractivity contribution in [2.75, 3.05) is 6.54 Å². The molecule has 0 saturated carbocycles. The third-order valence-corrected chi connectivity index (χ3v) is 4.19. The van der Waals surface area contributed by atoms with Crippen LogP contribution in [0.5, 0.6) is 0 Å². The standard InChI is InChI=1S/C19H15N3O2/c23-17-10-16(19(24)18-14(17)5-3-8-21-18)20-9-7-12-11-22-15-6-2-1-4-13(12)15/h1-6,8,10-11,20,22H,7,9H2. The summed E-state index contributed by atoms with van der Waals surface area (Å²) in [5.41, 5.74) is 3.16. The van der Waals surface area contributed by atoms with Crippen LogP contribution in [0.25, 0.3) is 10.9 Å². The molecule has 0 atom stereocenters. The van der Waals surface area contributed by atoms with Crippen LogP contribution >= 0.6 is 0 Å². The molecule has 2 N–H and O–H groups in total. The molecular formula is C19H15N3O2. The minimum absolute atomic E-state index is 0.188. The normalized spacial score (nSPS) is 13.8. The second-order valence-corrected chi connectivity index (χ2v) is 5.69. The molecular weight excluding hydrogens is 302 g/mol. The summed E-state index contributed by atoms with van der Waals surface area (Å²) in [5, 5.41) is 4.26. The van der Waals surface area contributed by atoms with E-state index < -0.39 is 0 Å². The number of allylic oxidation sites excluding steroid dienone is 2. The van der Waals surface area contributed by atoms with Crippen molar-refractivity contribution in [3.63, 3.8) is 0 Å². The average molecular weight is 317 g/mol. The molecule has 1 aliphatic carbocycles. The lowest BCUT2D eigenvalue weighted by molar-refractivity contribution is 0.0974. The van der Waals surface area contributed by atoms with Crippen LogP contribution in [-0.2, 0) is 6.42 Å². The number of nitrogens with zero attached hydrogens (tertiary/aromatic N) is 1. The third kappa shape index (κ3) is 2.40. The Kier molecular flexibility index (Phi) is 3.46. The highest BCUT2D eigenvalue weighted by Gasteiger charge is 2.26. The van der Waals surface area contributed by atoms with E-state index in [0.29, 0.717) is 17.8 Å². The first-order chi connectivity index (χ1) is 11.7. The molecule has 118 valence electrons. The van der Waals surface area contributed by atoms with E-state index in [1.165, 1.54) is 23.2 Å². The van der Waals surface area contributed by atoms with E-state index in [1.54, 1.807) is 12.1 Å². The van der Waals surface area contributed by atoms with Crippen LogP contribution in [-0.4, -0.2) is 28.1 Å². The summed E-state index contributed by atoms with van der Waals surface area (Å²) in [7, 11) is 0. The molecule has 24 heavy (non-hydrogen) atoms. The van der Waals surface area contributed by atoms with Crippen LogP contribution in [0.4, 0.5) is 0 Å². The summed E-state index contributed by atoms with van der Waals surface area (Å²) in [4.78, 5) is 31.8. The first kappa shape index (κ1) is 14.4. The van der Waals surface area contributed by atoms with Crippen molar-refractivity contribution in [2.24, 2.45) is 0 Å². The molecule has 0 saturated heterocycles. The number of benzene rings is 1. The largest absolute Gasteiger partial charge is 0.381 e. The van der Waals surface area contributed by atoms with Gasteiger partial charge in [0.25, 0.3) is 0 Å². The zero-order valence-electron chi connectivity index (χ0n) is 12.9. The number of aromatic nitrogens is 2. The molecule has 0 unspecified atom stereocenters. The van der Waals surface area contributed by atoms with E-state index in [4.69, 9.17) is 0 Å². The Balaban J connectivity index is 1.49. The van der Waals surface area contributed by atoms with Crippen molar-refractivity contribution >= 4 is 22.5 Å². The van der Waals surface area contributed by atoms with Gasteiger partial charge in [0.15, 0.2) is 5.78 Å². The van der Waals surface area contributed by atoms with Gasteiger partial charge in [-0.2, -0.15) is 0 Å². The lowest BCUT2D eigenvalue weighted by Crippen LogP contribution is -2.28. The molecule has 2 heterocycles. The van der Waals surface area contributed by atoms with Crippen molar-refractivity contribution in [1.82, 2.24) is 15.3 Å². The number of pyridine rings is 1. The molecule has 3 aromatic rings. The Hall–Kier alpha value is -3.21. The van der Waals surface area contributed by atoms with Crippen LogP contribution in [0.1, 0.15) is 26.4 Å². The highest BCUT2D eigenvalue weighted by molar-refractivity contribution is 6.23. The second-order valence-electron chi connectivity index (χ2n) is 5.69. The second kappa shape index (κ2) is 5.77. The lowest BCUT2D eigenvalue weighted by Gasteiger charge is -2.15. The third-order valence-electron chi connectivity index (χ3n) is 4.19. The maximum Gasteiger partial charge on any atom is 0.228 e. The zero-order valence-corrected chi connectivity index (χ0v) is 12.9. The number of fused-ring (bicyclic) bond motifs is 2. The first-order valence-corrected chi connectivity index (χ1v) is 7.78. The van der Waals surface area contributed by atoms with Gasteiger partial charge >= 0.3 is 0 Å². The van der Waals surface area contributed by atoms with Gasteiger partial charge in [0.05, 0.1) is 11.3 Å². The monoisotopic (exact) mass is 317 g/mol. The number of carbonyl (C=O) groups is 2. The molecule has 2 aromatic heterocycles. The number of ketones is 2. The van der Waals surface area contributed by atoms with E-state index in [-0.39, 0.29) is 17.3 Å². The molecule has 5 nitrogen and oxygen atoms in total. The van der Waals surface area contributed by atoms with E-state index >= 15 is 0 Å². The van der Waals surface area contributed by atoms with E-state index in [2.05, 4.69) is 21.4 Å². The number of H-pyrrole nitrogens is 1. The number of para-hydroxylation sites is 1. The van der Waals surface area contributed by atoms with Crippen molar-refractivity contribution in [3.8, 4) is 0 Å². The van der Waals surface area contributed by atoms with Gasteiger partial charge in [-0.15, -0.1) is 0 Å². The SMILES string of the molecule is O=C1C=C(NCCc2c[nH]c3ccccc23)C(=O)c2ncccc21. The molecule has 0 aliphatic heterocycles. The number of nitrogens with one attached hydrogen (secondary N) is 2. The summed E-state index contributed by atoms with van der Waals surface area (Å²) in [6.07, 6.45) is 5.61. The number of hydrogen-bond acceptors (Lipinski definition) is 4. The van der Waals surface area contributed by atoms with Crippen molar-refractivity contribution in [1.29, 1.82) is 0 Å². The van der Waals surface area contributed by atoms with Crippen LogP contribution in [0, 0.1) is 0 Å². The predicted molar refractivity (Wildman–Crippen MR) is 91.0 cm³/mol. The molecule has 1 aromatic carbocycles. The van der Waals surface area contributed by atoms with Crippen molar-refractivity contribution in [3.05, 3.63) is 77.4 Å². The zero-order chi connectivity index (χ0) is 16.5. The number of hydrogen-bond donors (Lipinski definition) is 2. The fourth-order valence-electron chi connectivity index (χ4n) is 2.99. The summed E-state index contributed by atoms with van der Waals surface area (Å²) >= 11 is 0. The molecule has 1 aliphatic rings. The number of rotatable bonds is 4. The van der Waals surface area contributed by atoms with Gasteiger partial charge in [-0.05, 0) is 30.2 Å². The van der Waals surface area contributed by atoms with Crippen LogP contribution in [0.3, 0.4) is 0 Å². The molecule has 0 fully saturated rings. The van der Waals surface area contributed by atoms with Gasteiger partial charge in [0, 0.05) is 35.9 Å². The Bertz CT molecular complexity index is 985. The quantitative estimate of drug-likeness (QED) is 0.776. The van der Waals surface area contributed by atoms with Gasteiger partial charge < -0.3 is 10.3 Å². The smallest absolute Gasteiger partial charge is 0.228 e. The maximum absolute atomic E-state index is 12.4. The van der Waals surface area contributed by atoms with Gasteiger partial charge in [0.1, 0.15) is 5.69 Å². The van der Waals surface area contributed by atoms with Crippen molar-refractivity contribution in [2.45, 2.75) is 6.42 Å². The van der Waals surface area contributed by atoms with Gasteiger partial charge in [0.2, 0.25) is 5.78 Å². The number of Topliss-reactive ketones (excluding diaryl/α,β-unsaturated/α-hetero) is 1. The minimum Gasteiger partial charge on any atom is -0.381 e. The molecule has 0 amide bonds. The molecule has 4 rings (SSSR count). The Morgan fingerprint density at radius 2 is 1.96 bits per heavy atom. The van der Waals surface area contributed by atoms with Crippen molar-refractivity contribution < 1.29 is 9.59 Å². The fraction of sp³-hybridized carbons (Fsp3) is 0.105. The molecule has 0 bridgehead atoms. The maximum atomic E-state index is 12.4. The highest BCUT2D eigenvalue weighted by atomic mass is 16.1. The number of aromatic amines is 1.